The van der Waals surface area contributed by atoms with Crippen LogP contribution in [-0.4, -0.2) is 17.1 Å². The van der Waals surface area contributed by atoms with Gasteiger partial charge >= 0.3 is 5.97 Å². The Balaban J connectivity index is 2.73. The molecule has 0 saturated heterocycles. The molecule has 0 amide bonds. The Labute approximate surface area is 90.1 Å². The van der Waals surface area contributed by atoms with E-state index in [0.717, 1.165) is 5.56 Å². The van der Waals surface area contributed by atoms with Crippen molar-refractivity contribution < 1.29 is 9.90 Å². The highest BCUT2D eigenvalue weighted by molar-refractivity contribution is 5.72. The summed E-state index contributed by atoms with van der Waals surface area (Å²) >= 11 is 0. The van der Waals surface area contributed by atoms with Gasteiger partial charge in [-0.3, -0.25) is 10.1 Å². The van der Waals surface area contributed by atoms with E-state index in [9.17, 15) is 4.79 Å². The number of benzene rings is 1. The van der Waals surface area contributed by atoms with Crippen molar-refractivity contribution in [1.29, 1.82) is 0 Å². The lowest BCUT2D eigenvalue weighted by Crippen LogP contribution is -2.35. The van der Waals surface area contributed by atoms with Gasteiger partial charge in [0.05, 0.1) is 0 Å². The Kier molecular flexibility index (Phi) is 3.86. The average Bonchev–Trinajstić information content (AvgIpc) is 2.18. The second-order valence-corrected chi connectivity index (χ2v) is 3.80. The van der Waals surface area contributed by atoms with Crippen molar-refractivity contribution in [2.45, 2.75) is 32.9 Å². The number of carboxylic acid groups (broad SMARTS) is 1. The van der Waals surface area contributed by atoms with E-state index in [0.29, 0.717) is 0 Å². The summed E-state index contributed by atoms with van der Waals surface area (Å²) in [5.41, 5.74) is 2.32. The number of rotatable bonds is 4. The van der Waals surface area contributed by atoms with Gasteiger partial charge < -0.3 is 5.11 Å². The Morgan fingerprint density at radius 3 is 2.47 bits per heavy atom. The monoisotopic (exact) mass is 207 g/mol. The number of hydrogen-bond acceptors (Lipinski definition) is 2. The molecule has 0 aromatic heterocycles. The third-order valence-electron chi connectivity index (χ3n) is 2.53. The van der Waals surface area contributed by atoms with Gasteiger partial charge in [-0.25, -0.2) is 0 Å². The first-order valence-corrected chi connectivity index (χ1v) is 5.06. The zero-order chi connectivity index (χ0) is 11.4. The maximum absolute atomic E-state index is 10.7. The molecule has 2 unspecified atom stereocenters. The molecule has 0 saturated carbocycles. The van der Waals surface area contributed by atoms with Gasteiger partial charge in [-0.15, -0.1) is 0 Å². The van der Waals surface area contributed by atoms with Crippen LogP contribution >= 0.6 is 0 Å². The van der Waals surface area contributed by atoms with E-state index in [4.69, 9.17) is 5.11 Å². The molecule has 0 heterocycles. The Morgan fingerprint density at radius 1 is 1.33 bits per heavy atom. The van der Waals surface area contributed by atoms with Crippen molar-refractivity contribution in [3.05, 3.63) is 35.4 Å². The molecule has 0 aliphatic heterocycles. The molecule has 0 radical (unpaired) electrons. The van der Waals surface area contributed by atoms with Crippen LogP contribution in [0.15, 0.2) is 24.3 Å². The predicted molar refractivity (Wildman–Crippen MR) is 59.8 cm³/mol. The number of nitrogens with one attached hydrogen (secondary N) is 1. The number of hydrogen-bond donors (Lipinski definition) is 2. The number of aliphatic carboxylic acids is 1. The van der Waals surface area contributed by atoms with Crippen LogP contribution in [-0.2, 0) is 4.79 Å². The van der Waals surface area contributed by atoms with Crippen LogP contribution in [0.25, 0.3) is 0 Å². The van der Waals surface area contributed by atoms with Crippen LogP contribution in [0.4, 0.5) is 0 Å². The molecule has 0 fully saturated rings. The molecule has 82 valence electrons. The van der Waals surface area contributed by atoms with E-state index in [1.165, 1.54) is 5.56 Å². The van der Waals surface area contributed by atoms with Crippen molar-refractivity contribution in [3.63, 3.8) is 0 Å². The molecule has 3 nitrogen and oxygen atoms in total. The van der Waals surface area contributed by atoms with Crippen LogP contribution in [0.5, 0.6) is 0 Å². The van der Waals surface area contributed by atoms with Gasteiger partial charge in [-0.05, 0) is 31.9 Å². The van der Waals surface area contributed by atoms with Gasteiger partial charge in [-0.1, -0.05) is 24.3 Å². The predicted octanol–water partition coefficient (Wildman–Crippen LogP) is 2.12. The van der Waals surface area contributed by atoms with Crippen molar-refractivity contribution in [1.82, 2.24) is 5.32 Å². The van der Waals surface area contributed by atoms with Gasteiger partial charge in [0, 0.05) is 6.04 Å². The molecule has 1 aromatic carbocycles. The Hall–Kier alpha value is -1.35. The van der Waals surface area contributed by atoms with Gasteiger partial charge in [0.15, 0.2) is 0 Å². The molecule has 3 heteroatoms. The minimum Gasteiger partial charge on any atom is -0.480 e. The molecule has 15 heavy (non-hydrogen) atoms. The third kappa shape index (κ3) is 3.06. The second kappa shape index (κ2) is 4.94. The molecule has 2 atom stereocenters. The first-order chi connectivity index (χ1) is 7.02. The smallest absolute Gasteiger partial charge is 0.320 e. The average molecular weight is 207 g/mol. The molecule has 1 aromatic rings. The fourth-order valence-corrected chi connectivity index (χ4v) is 1.61. The number of carboxylic acids is 1. The summed E-state index contributed by atoms with van der Waals surface area (Å²) in [4.78, 5) is 10.7. The highest BCUT2D eigenvalue weighted by atomic mass is 16.4. The van der Waals surface area contributed by atoms with Crippen molar-refractivity contribution in [3.8, 4) is 0 Å². The summed E-state index contributed by atoms with van der Waals surface area (Å²) in [7, 11) is 0. The minimum atomic E-state index is -0.824. The first-order valence-electron chi connectivity index (χ1n) is 5.06. The topological polar surface area (TPSA) is 49.3 Å². The fraction of sp³-hybridized carbons (Fsp3) is 0.417. The Bertz CT molecular complexity index is 349. The summed E-state index contributed by atoms with van der Waals surface area (Å²) in [5.74, 6) is -0.824. The minimum absolute atomic E-state index is 0.0531. The van der Waals surface area contributed by atoms with Crippen molar-refractivity contribution in [2.24, 2.45) is 0 Å². The van der Waals surface area contributed by atoms with Crippen molar-refractivity contribution in [2.75, 3.05) is 0 Å². The van der Waals surface area contributed by atoms with Gasteiger partial charge in [0.25, 0.3) is 0 Å². The van der Waals surface area contributed by atoms with E-state index in [-0.39, 0.29) is 6.04 Å². The summed E-state index contributed by atoms with van der Waals surface area (Å²) < 4.78 is 0. The standard InChI is InChI=1S/C12H17NO2/c1-8-6-4-5-7-11(8)9(2)13-10(3)12(14)15/h4-7,9-10,13H,1-3H3,(H,14,15). The molecule has 2 N–H and O–H groups in total. The molecular formula is C12H17NO2. The van der Waals surface area contributed by atoms with E-state index in [1.807, 2.05) is 38.1 Å². The van der Waals surface area contributed by atoms with Crippen LogP contribution in [0.3, 0.4) is 0 Å². The van der Waals surface area contributed by atoms with Gasteiger partial charge in [0.1, 0.15) is 6.04 Å². The highest BCUT2D eigenvalue weighted by Gasteiger charge is 2.15. The largest absolute Gasteiger partial charge is 0.480 e. The SMILES string of the molecule is Cc1ccccc1C(C)NC(C)C(=O)O. The molecule has 0 bridgehead atoms. The zero-order valence-corrected chi connectivity index (χ0v) is 9.32. The molecule has 0 spiro atoms. The first kappa shape index (κ1) is 11.7. The lowest BCUT2D eigenvalue weighted by Gasteiger charge is -2.19. The molecule has 0 aliphatic carbocycles. The number of aryl methyl sites for hydroxylation is 1. The maximum atomic E-state index is 10.7. The summed E-state index contributed by atoms with van der Waals surface area (Å²) in [6, 6.07) is 7.51. The van der Waals surface area contributed by atoms with E-state index in [1.54, 1.807) is 6.92 Å². The van der Waals surface area contributed by atoms with Gasteiger partial charge in [-0.2, -0.15) is 0 Å². The lowest BCUT2D eigenvalue weighted by molar-refractivity contribution is -0.139. The lowest BCUT2D eigenvalue weighted by atomic mass is 10.0. The summed E-state index contributed by atoms with van der Waals surface area (Å²) in [6.45, 7) is 5.65. The van der Waals surface area contributed by atoms with Crippen LogP contribution in [0, 0.1) is 6.92 Å². The Morgan fingerprint density at radius 2 is 1.93 bits per heavy atom. The molecule has 0 aliphatic rings. The molecular weight excluding hydrogens is 190 g/mol. The van der Waals surface area contributed by atoms with Crippen LogP contribution < -0.4 is 5.32 Å². The summed E-state index contributed by atoms with van der Waals surface area (Å²) in [5, 5.41) is 11.8. The second-order valence-electron chi connectivity index (χ2n) is 3.80. The van der Waals surface area contributed by atoms with E-state index < -0.39 is 12.0 Å². The van der Waals surface area contributed by atoms with Crippen LogP contribution in [0.2, 0.25) is 0 Å². The quantitative estimate of drug-likeness (QED) is 0.795. The normalized spacial score (nSPS) is 14.6. The van der Waals surface area contributed by atoms with Crippen LogP contribution in [0.1, 0.15) is 31.0 Å². The van der Waals surface area contributed by atoms with Gasteiger partial charge in [0.2, 0.25) is 0 Å². The fourth-order valence-electron chi connectivity index (χ4n) is 1.61. The zero-order valence-electron chi connectivity index (χ0n) is 9.32. The molecule has 1 rings (SSSR count). The van der Waals surface area contributed by atoms with E-state index >= 15 is 0 Å². The maximum Gasteiger partial charge on any atom is 0.320 e. The highest BCUT2D eigenvalue weighted by Crippen LogP contribution is 2.16. The third-order valence-corrected chi connectivity index (χ3v) is 2.53. The number of carbonyl (C=O) groups is 1. The van der Waals surface area contributed by atoms with E-state index in [2.05, 4.69) is 5.32 Å². The summed E-state index contributed by atoms with van der Waals surface area (Å²) in [6.07, 6.45) is 0. The van der Waals surface area contributed by atoms with Crippen molar-refractivity contribution >= 4 is 5.97 Å².